The number of aromatic nitrogens is 1. The topological polar surface area (TPSA) is 114 Å². The van der Waals surface area contributed by atoms with Crippen LogP contribution in [0.2, 0.25) is 0 Å². The molecule has 0 radical (unpaired) electrons. The maximum Gasteiger partial charge on any atom is 0.319 e. The van der Waals surface area contributed by atoms with E-state index in [0.717, 1.165) is 11.6 Å². The molecule has 2 aromatic carbocycles. The molecule has 0 spiro atoms. The van der Waals surface area contributed by atoms with Gasteiger partial charge in [-0.2, -0.15) is 0 Å². The van der Waals surface area contributed by atoms with Crippen LogP contribution < -0.4 is 16.4 Å². The van der Waals surface area contributed by atoms with Crippen LogP contribution in [0.5, 0.6) is 0 Å². The molecular formula is C20H19FN4O3S. The van der Waals surface area contributed by atoms with Crippen LogP contribution in [0.1, 0.15) is 11.1 Å². The number of nitrogens with one attached hydrogen (secondary N) is 2. The summed E-state index contributed by atoms with van der Waals surface area (Å²) in [6.07, 6.45) is 3.29. The van der Waals surface area contributed by atoms with Gasteiger partial charge in [0, 0.05) is 36.7 Å². The summed E-state index contributed by atoms with van der Waals surface area (Å²) in [6.45, 7) is 0.201. The van der Waals surface area contributed by atoms with Crippen molar-refractivity contribution < 1.29 is 17.6 Å². The first-order chi connectivity index (χ1) is 13.9. The highest BCUT2D eigenvalue weighted by Crippen LogP contribution is 2.24. The van der Waals surface area contributed by atoms with Crippen molar-refractivity contribution in [3.8, 4) is 0 Å². The number of sulfone groups is 1. The van der Waals surface area contributed by atoms with Gasteiger partial charge in [0.2, 0.25) is 9.84 Å². The minimum absolute atomic E-state index is 0.0217. The maximum atomic E-state index is 13.6. The highest BCUT2D eigenvalue weighted by molar-refractivity contribution is 7.91. The molecule has 0 fully saturated rings. The molecule has 4 N–H and O–H groups in total. The number of carbonyl (C=O) groups excluding carboxylic acids is 1. The van der Waals surface area contributed by atoms with E-state index in [1.165, 1.54) is 36.4 Å². The first-order valence-electron chi connectivity index (χ1n) is 8.67. The number of pyridine rings is 1. The van der Waals surface area contributed by atoms with Crippen LogP contribution in [0, 0.1) is 5.82 Å². The number of nitrogens with two attached hydrogens (primary N) is 1. The lowest BCUT2D eigenvalue weighted by Crippen LogP contribution is -2.28. The van der Waals surface area contributed by atoms with Gasteiger partial charge < -0.3 is 16.4 Å². The first kappa shape index (κ1) is 20.4. The summed E-state index contributed by atoms with van der Waals surface area (Å²) in [4.78, 5) is 15.9. The van der Waals surface area contributed by atoms with Gasteiger partial charge in [0.1, 0.15) is 5.82 Å². The van der Waals surface area contributed by atoms with Crippen LogP contribution in [0.3, 0.4) is 0 Å². The van der Waals surface area contributed by atoms with Gasteiger partial charge in [-0.05, 0) is 54.1 Å². The molecule has 29 heavy (non-hydrogen) atoms. The third kappa shape index (κ3) is 4.95. The smallest absolute Gasteiger partial charge is 0.319 e. The number of nitrogens with zero attached hydrogens (tertiary/aromatic N) is 1. The van der Waals surface area contributed by atoms with Crippen molar-refractivity contribution in [2.45, 2.75) is 22.9 Å². The molecule has 0 unspecified atom stereocenters. The molecule has 0 aliphatic rings. The van der Waals surface area contributed by atoms with Gasteiger partial charge in [0.15, 0.2) is 0 Å². The number of carbonyl (C=O) groups is 1. The Morgan fingerprint density at radius 3 is 2.45 bits per heavy atom. The van der Waals surface area contributed by atoms with Gasteiger partial charge in [-0.25, -0.2) is 17.6 Å². The van der Waals surface area contributed by atoms with Crippen molar-refractivity contribution in [2.75, 3.05) is 5.32 Å². The number of hydrogen-bond donors (Lipinski definition) is 3. The number of hydrogen-bond acceptors (Lipinski definition) is 5. The summed E-state index contributed by atoms with van der Waals surface area (Å²) in [5.74, 6) is -0.553. The summed E-state index contributed by atoms with van der Waals surface area (Å²) in [7, 11) is -3.84. The monoisotopic (exact) mass is 414 g/mol. The average molecular weight is 414 g/mol. The number of benzene rings is 2. The predicted molar refractivity (Wildman–Crippen MR) is 106 cm³/mol. The highest BCUT2D eigenvalue weighted by Gasteiger charge is 2.19. The Morgan fingerprint density at radius 1 is 1.07 bits per heavy atom. The Balaban J connectivity index is 1.68. The number of halogens is 1. The SMILES string of the molecule is NCc1cc(S(=O)(=O)c2ccc(NC(=O)NCc3cccnc3)cc2)ccc1F. The van der Waals surface area contributed by atoms with Crippen LogP contribution in [0.25, 0.3) is 0 Å². The van der Waals surface area contributed by atoms with E-state index in [9.17, 15) is 17.6 Å². The second kappa shape index (κ2) is 8.80. The molecule has 1 heterocycles. The van der Waals surface area contributed by atoms with E-state index in [1.54, 1.807) is 18.5 Å². The van der Waals surface area contributed by atoms with E-state index >= 15 is 0 Å². The molecular weight excluding hydrogens is 395 g/mol. The number of anilines is 1. The molecule has 0 atom stereocenters. The Hall–Kier alpha value is -3.30. The number of urea groups is 1. The fraction of sp³-hybridized carbons (Fsp3) is 0.100. The quantitative estimate of drug-likeness (QED) is 0.537. The molecule has 3 aromatic rings. The lowest BCUT2D eigenvalue weighted by Gasteiger charge is -2.10. The molecule has 150 valence electrons. The summed E-state index contributed by atoms with van der Waals surface area (Å²) < 4.78 is 39.1. The Bertz CT molecular complexity index is 1100. The van der Waals surface area contributed by atoms with Crippen molar-refractivity contribution in [3.63, 3.8) is 0 Å². The largest absolute Gasteiger partial charge is 0.334 e. The second-order valence-corrected chi connectivity index (χ2v) is 8.10. The standard InChI is InChI=1S/C20H19FN4O3S/c21-19-8-7-18(10-15(19)11-22)29(27,28)17-5-3-16(4-6-17)25-20(26)24-13-14-2-1-9-23-12-14/h1-10,12H,11,13,22H2,(H2,24,25,26). The van der Waals surface area contributed by atoms with Gasteiger partial charge in [0.05, 0.1) is 9.79 Å². The van der Waals surface area contributed by atoms with E-state index in [1.807, 2.05) is 6.07 Å². The molecule has 0 saturated carbocycles. The van der Waals surface area contributed by atoms with E-state index in [2.05, 4.69) is 15.6 Å². The summed E-state index contributed by atoms with van der Waals surface area (Å²) in [5.41, 5.74) is 6.84. The van der Waals surface area contributed by atoms with E-state index in [-0.39, 0.29) is 21.9 Å². The van der Waals surface area contributed by atoms with Gasteiger partial charge in [0.25, 0.3) is 0 Å². The van der Waals surface area contributed by atoms with Gasteiger partial charge >= 0.3 is 6.03 Å². The molecule has 0 aliphatic carbocycles. The van der Waals surface area contributed by atoms with Gasteiger partial charge in [-0.3, -0.25) is 4.98 Å². The predicted octanol–water partition coefficient (Wildman–Crippen LogP) is 2.83. The number of amides is 2. The van der Waals surface area contributed by atoms with Crippen molar-refractivity contribution in [1.29, 1.82) is 0 Å². The third-order valence-corrected chi connectivity index (χ3v) is 5.91. The van der Waals surface area contributed by atoms with Gasteiger partial charge in [-0.15, -0.1) is 0 Å². The zero-order chi connectivity index (χ0) is 20.9. The van der Waals surface area contributed by atoms with Crippen LogP contribution in [-0.2, 0) is 22.9 Å². The average Bonchev–Trinajstić information content (AvgIpc) is 2.73. The molecule has 2 amide bonds. The lowest BCUT2D eigenvalue weighted by atomic mass is 10.2. The summed E-state index contributed by atoms with van der Waals surface area (Å²) in [6, 6.07) is 12.4. The van der Waals surface area contributed by atoms with E-state index < -0.39 is 21.7 Å². The fourth-order valence-corrected chi connectivity index (χ4v) is 3.90. The molecule has 3 rings (SSSR count). The molecule has 0 bridgehead atoms. The highest BCUT2D eigenvalue weighted by atomic mass is 32.2. The van der Waals surface area contributed by atoms with Crippen LogP contribution in [0.4, 0.5) is 14.9 Å². The molecule has 9 heteroatoms. The van der Waals surface area contributed by atoms with Gasteiger partial charge in [-0.1, -0.05) is 6.07 Å². The third-order valence-electron chi connectivity index (χ3n) is 4.15. The molecule has 0 saturated heterocycles. The van der Waals surface area contributed by atoms with Crippen LogP contribution in [-0.4, -0.2) is 19.4 Å². The van der Waals surface area contributed by atoms with E-state index in [0.29, 0.717) is 12.2 Å². The minimum Gasteiger partial charge on any atom is -0.334 e. The molecule has 7 nitrogen and oxygen atoms in total. The van der Waals surface area contributed by atoms with Crippen molar-refractivity contribution in [3.05, 3.63) is 83.9 Å². The first-order valence-corrected chi connectivity index (χ1v) is 10.2. The zero-order valence-corrected chi connectivity index (χ0v) is 16.1. The lowest BCUT2D eigenvalue weighted by molar-refractivity contribution is 0.251. The summed E-state index contributed by atoms with van der Waals surface area (Å²) in [5, 5.41) is 5.31. The maximum absolute atomic E-state index is 13.6. The second-order valence-electron chi connectivity index (χ2n) is 6.15. The normalized spacial score (nSPS) is 11.1. The zero-order valence-electron chi connectivity index (χ0n) is 15.3. The Labute approximate surface area is 167 Å². The summed E-state index contributed by atoms with van der Waals surface area (Å²) >= 11 is 0. The van der Waals surface area contributed by atoms with Crippen LogP contribution >= 0.6 is 0 Å². The van der Waals surface area contributed by atoms with E-state index in [4.69, 9.17) is 5.73 Å². The fourth-order valence-electron chi connectivity index (χ4n) is 2.59. The van der Waals surface area contributed by atoms with Crippen LogP contribution in [0.15, 0.2) is 76.8 Å². The number of rotatable bonds is 6. The van der Waals surface area contributed by atoms with Crippen molar-refractivity contribution in [1.82, 2.24) is 10.3 Å². The van der Waals surface area contributed by atoms with Crippen molar-refractivity contribution in [2.24, 2.45) is 5.73 Å². The minimum atomic E-state index is -3.84. The molecule has 1 aromatic heterocycles. The molecule has 0 aliphatic heterocycles. The van der Waals surface area contributed by atoms with Crippen molar-refractivity contribution >= 4 is 21.6 Å². The Kier molecular flexibility index (Phi) is 6.20. The Morgan fingerprint density at radius 2 is 1.79 bits per heavy atom.